The third-order valence-corrected chi connectivity index (χ3v) is 4.50. The average molecular weight is 443 g/mol. The van der Waals surface area contributed by atoms with Gasteiger partial charge in [-0.25, -0.2) is 10.2 Å². The molecule has 0 radical (unpaired) electrons. The maximum atomic E-state index is 12.6. The molecule has 8 heteroatoms. The molecule has 0 aliphatic rings. The SMILES string of the molecule is CCCCCC(=O)N/N=C/c1ccc(OC(=O)c2ccc(OC)c(OC)c2)c(OCC)c1. The molecule has 1 amide bonds. The van der Waals surface area contributed by atoms with Gasteiger partial charge in [0, 0.05) is 6.42 Å². The summed E-state index contributed by atoms with van der Waals surface area (Å²) in [5.74, 6) is 0.912. The van der Waals surface area contributed by atoms with E-state index in [-0.39, 0.29) is 11.7 Å². The number of nitrogens with one attached hydrogen (secondary N) is 1. The van der Waals surface area contributed by atoms with E-state index in [0.717, 1.165) is 19.3 Å². The maximum absolute atomic E-state index is 12.6. The van der Waals surface area contributed by atoms with E-state index >= 15 is 0 Å². The minimum absolute atomic E-state index is 0.125. The van der Waals surface area contributed by atoms with E-state index in [1.165, 1.54) is 20.4 Å². The molecule has 0 atom stereocenters. The van der Waals surface area contributed by atoms with Crippen molar-refractivity contribution in [1.82, 2.24) is 5.43 Å². The first-order valence-electron chi connectivity index (χ1n) is 10.5. The fraction of sp³-hybridized carbons (Fsp3) is 0.375. The number of unbranched alkanes of at least 4 members (excludes halogenated alkanes) is 2. The van der Waals surface area contributed by atoms with E-state index in [1.807, 2.05) is 6.92 Å². The lowest BCUT2D eigenvalue weighted by Crippen LogP contribution is -2.16. The van der Waals surface area contributed by atoms with Gasteiger partial charge in [-0.15, -0.1) is 0 Å². The molecular formula is C24H30N2O6. The summed E-state index contributed by atoms with van der Waals surface area (Å²) < 4.78 is 21.6. The molecule has 32 heavy (non-hydrogen) atoms. The van der Waals surface area contributed by atoms with Crippen LogP contribution in [-0.4, -0.2) is 38.9 Å². The van der Waals surface area contributed by atoms with Crippen LogP contribution < -0.4 is 24.4 Å². The Morgan fingerprint density at radius 2 is 1.69 bits per heavy atom. The summed E-state index contributed by atoms with van der Waals surface area (Å²) >= 11 is 0. The van der Waals surface area contributed by atoms with Crippen molar-refractivity contribution < 1.29 is 28.5 Å². The number of methoxy groups -OCH3 is 2. The molecule has 0 heterocycles. The predicted octanol–water partition coefficient (Wildman–Crippen LogP) is 4.35. The average Bonchev–Trinajstić information content (AvgIpc) is 2.80. The van der Waals surface area contributed by atoms with E-state index in [4.69, 9.17) is 18.9 Å². The smallest absolute Gasteiger partial charge is 0.343 e. The van der Waals surface area contributed by atoms with Crippen molar-refractivity contribution in [2.45, 2.75) is 39.5 Å². The Bertz CT molecular complexity index is 942. The summed E-state index contributed by atoms with van der Waals surface area (Å²) in [6.45, 7) is 4.30. The number of hydrogen-bond acceptors (Lipinski definition) is 7. The van der Waals surface area contributed by atoms with Crippen LogP contribution in [0.1, 0.15) is 55.5 Å². The van der Waals surface area contributed by atoms with Crippen molar-refractivity contribution in [3.8, 4) is 23.0 Å². The molecule has 0 unspecified atom stereocenters. The number of benzene rings is 2. The first-order valence-corrected chi connectivity index (χ1v) is 10.5. The highest BCUT2D eigenvalue weighted by atomic mass is 16.6. The topological polar surface area (TPSA) is 95.5 Å². The highest BCUT2D eigenvalue weighted by Gasteiger charge is 2.16. The van der Waals surface area contributed by atoms with Gasteiger partial charge >= 0.3 is 5.97 Å². The third kappa shape index (κ3) is 7.30. The number of carbonyl (C=O) groups is 2. The number of rotatable bonds is 12. The van der Waals surface area contributed by atoms with Gasteiger partial charge in [0.2, 0.25) is 5.91 Å². The van der Waals surface area contributed by atoms with E-state index < -0.39 is 5.97 Å². The van der Waals surface area contributed by atoms with E-state index in [2.05, 4.69) is 17.5 Å². The Balaban J connectivity index is 2.09. The first kappa shape index (κ1) is 24.7. The lowest BCUT2D eigenvalue weighted by molar-refractivity contribution is -0.121. The number of hydrazone groups is 1. The number of esters is 1. The van der Waals surface area contributed by atoms with E-state index in [1.54, 1.807) is 36.4 Å². The van der Waals surface area contributed by atoms with Crippen molar-refractivity contribution in [2.24, 2.45) is 5.10 Å². The summed E-state index contributed by atoms with van der Waals surface area (Å²) in [7, 11) is 3.01. The zero-order valence-corrected chi connectivity index (χ0v) is 19.0. The van der Waals surface area contributed by atoms with Crippen LogP contribution in [0.15, 0.2) is 41.5 Å². The number of carbonyl (C=O) groups excluding carboxylic acids is 2. The lowest BCUT2D eigenvalue weighted by atomic mass is 10.2. The second-order valence-corrected chi connectivity index (χ2v) is 6.85. The maximum Gasteiger partial charge on any atom is 0.343 e. The summed E-state index contributed by atoms with van der Waals surface area (Å²) in [6, 6.07) is 9.79. The highest BCUT2D eigenvalue weighted by Crippen LogP contribution is 2.31. The van der Waals surface area contributed by atoms with Crippen LogP contribution in [0.3, 0.4) is 0 Å². The number of nitrogens with zero attached hydrogens (tertiary/aromatic N) is 1. The van der Waals surface area contributed by atoms with Gasteiger partial charge < -0.3 is 18.9 Å². The van der Waals surface area contributed by atoms with E-state index in [0.29, 0.717) is 41.4 Å². The zero-order valence-electron chi connectivity index (χ0n) is 19.0. The monoisotopic (exact) mass is 442 g/mol. The number of ether oxygens (including phenoxy) is 4. The molecule has 0 bridgehead atoms. The molecule has 2 rings (SSSR count). The molecule has 2 aromatic carbocycles. The molecular weight excluding hydrogens is 412 g/mol. The largest absolute Gasteiger partial charge is 0.493 e. The van der Waals surface area contributed by atoms with Crippen LogP contribution in [-0.2, 0) is 4.79 Å². The minimum Gasteiger partial charge on any atom is -0.493 e. The highest BCUT2D eigenvalue weighted by molar-refractivity contribution is 5.92. The summed E-state index contributed by atoms with van der Waals surface area (Å²) in [6.07, 6.45) is 4.87. The van der Waals surface area contributed by atoms with Gasteiger partial charge in [0.1, 0.15) is 0 Å². The minimum atomic E-state index is -0.562. The molecule has 1 N–H and O–H groups in total. The standard InChI is InChI=1S/C24H30N2O6/c1-5-7-8-9-23(27)26-25-16-17-10-12-20(22(14-17)31-6-2)32-24(28)18-11-13-19(29-3)21(15-18)30-4/h10-16H,5-9H2,1-4H3,(H,26,27)/b25-16+. The molecule has 8 nitrogen and oxygen atoms in total. The van der Waals surface area contributed by atoms with Crippen LogP contribution in [0.25, 0.3) is 0 Å². The van der Waals surface area contributed by atoms with Crippen LogP contribution in [0, 0.1) is 0 Å². The predicted molar refractivity (Wildman–Crippen MR) is 122 cm³/mol. The summed E-state index contributed by atoms with van der Waals surface area (Å²) in [5, 5.41) is 3.98. The van der Waals surface area contributed by atoms with Crippen LogP contribution in [0.2, 0.25) is 0 Å². The van der Waals surface area contributed by atoms with Gasteiger partial charge in [0.15, 0.2) is 23.0 Å². The number of hydrogen-bond donors (Lipinski definition) is 1. The van der Waals surface area contributed by atoms with Gasteiger partial charge in [0.05, 0.1) is 32.6 Å². The third-order valence-electron chi connectivity index (χ3n) is 4.50. The second kappa shape index (κ2) is 13.0. The summed E-state index contributed by atoms with van der Waals surface area (Å²) in [5.41, 5.74) is 3.51. The fourth-order valence-corrected chi connectivity index (χ4v) is 2.85. The van der Waals surface area contributed by atoms with Crippen molar-refractivity contribution in [1.29, 1.82) is 0 Å². The van der Waals surface area contributed by atoms with Crippen LogP contribution in [0.4, 0.5) is 0 Å². The summed E-state index contributed by atoms with van der Waals surface area (Å²) in [4.78, 5) is 24.4. The Labute approximate surface area is 188 Å². The van der Waals surface area contributed by atoms with Gasteiger partial charge in [-0.1, -0.05) is 19.8 Å². The Hall–Kier alpha value is -3.55. The Kier molecular flexibility index (Phi) is 10.0. The van der Waals surface area contributed by atoms with Gasteiger partial charge in [-0.2, -0.15) is 5.10 Å². The van der Waals surface area contributed by atoms with Crippen molar-refractivity contribution >= 4 is 18.1 Å². The number of amides is 1. The van der Waals surface area contributed by atoms with Crippen molar-refractivity contribution in [3.63, 3.8) is 0 Å². The van der Waals surface area contributed by atoms with Gasteiger partial charge in [-0.3, -0.25) is 4.79 Å². The van der Waals surface area contributed by atoms with Crippen LogP contribution >= 0.6 is 0 Å². The lowest BCUT2D eigenvalue weighted by Gasteiger charge is -2.12. The van der Waals surface area contributed by atoms with Gasteiger partial charge in [-0.05, 0) is 55.3 Å². The normalized spacial score (nSPS) is 10.6. The zero-order chi connectivity index (χ0) is 23.3. The molecule has 0 aliphatic heterocycles. The van der Waals surface area contributed by atoms with Crippen molar-refractivity contribution in [3.05, 3.63) is 47.5 Å². The molecule has 0 spiro atoms. The van der Waals surface area contributed by atoms with E-state index in [9.17, 15) is 9.59 Å². The molecule has 2 aromatic rings. The quantitative estimate of drug-likeness (QED) is 0.173. The molecule has 0 saturated heterocycles. The Morgan fingerprint density at radius 1 is 0.938 bits per heavy atom. The Morgan fingerprint density at radius 3 is 2.38 bits per heavy atom. The van der Waals surface area contributed by atoms with Crippen molar-refractivity contribution in [2.75, 3.05) is 20.8 Å². The molecule has 0 aliphatic carbocycles. The second-order valence-electron chi connectivity index (χ2n) is 6.85. The van der Waals surface area contributed by atoms with Crippen LogP contribution in [0.5, 0.6) is 23.0 Å². The van der Waals surface area contributed by atoms with Gasteiger partial charge in [0.25, 0.3) is 0 Å². The molecule has 0 aromatic heterocycles. The molecule has 0 saturated carbocycles. The molecule has 0 fully saturated rings. The molecule has 172 valence electrons. The fourth-order valence-electron chi connectivity index (χ4n) is 2.85. The first-order chi connectivity index (χ1) is 15.5.